The standard InChI is InChI=1S/C6H6IN.Cu/c1-5-6(7)3-2-4-8-5;/h2-4H,1H3;. The van der Waals surface area contributed by atoms with Crippen LogP contribution in [0.2, 0.25) is 0 Å². The monoisotopic (exact) mass is 282 g/mol. The van der Waals surface area contributed by atoms with Crippen molar-refractivity contribution in [2.75, 3.05) is 0 Å². The fourth-order valence-corrected chi connectivity index (χ4v) is 0.811. The van der Waals surface area contributed by atoms with E-state index in [1.807, 2.05) is 19.1 Å². The zero-order chi connectivity index (χ0) is 5.98. The fourth-order valence-electron chi connectivity index (χ4n) is 0.465. The van der Waals surface area contributed by atoms with Gasteiger partial charge in [-0.25, -0.2) is 0 Å². The molecule has 0 amide bonds. The maximum absolute atomic E-state index is 4.07. The predicted octanol–water partition coefficient (Wildman–Crippen LogP) is 1.99. The first-order chi connectivity index (χ1) is 3.80. The van der Waals surface area contributed by atoms with Gasteiger partial charge in [0.05, 0.1) is 5.69 Å². The smallest absolute Gasteiger partial charge is 0.0505 e. The van der Waals surface area contributed by atoms with E-state index in [4.69, 9.17) is 0 Å². The Kier molecular flexibility index (Phi) is 4.44. The molecule has 0 aromatic carbocycles. The van der Waals surface area contributed by atoms with Gasteiger partial charge in [-0.3, -0.25) is 4.98 Å². The van der Waals surface area contributed by atoms with Gasteiger partial charge in [0, 0.05) is 26.8 Å². The second-order valence-corrected chi connectivity index (χ2v) is 2.73. The zero-order valence-electron chi connectivity index (χ0n) is 4.86. The van der Waals surface area contributed by atoms with E-state index in [1.54, 1.807) is 6.20 Å². The topological polar surface area (TPSA) is 12.9 Å². The number of rotatable bonds is 0. The molecule has 0 spiro atoms. The zero-order valence-corrected chi connectivity index (χ0v) is 7.96. The molecule has 3 heteroatoms. The van der Waals surface area contributed by atoms with Crippen LogP contribution in [-0.2, 0) is 17.1 Å². The van der Waals surface area contributed by atoms with Gasteiger partial charge in [-0.2, -0.15) is 0 Å². The molecule has 1 aromatic heterocycles. The SMILES string of the molecule is Cc1ncccc1I.[Cu]. The molecular formula is C6H6CuIN. The van der Waals surface area contributed by atoms with Crippen molar-refractivity contribution in [3.8, 4) is 0 Å². The van der Waals surface area contributed by atoms with Gasteiger partial charge in [0.15, 0.2) is 0 Å². The molecule has 1 nitrogen and oxygen atoms in total. The molecule has 0 unspecified atom stereocenters. The first-order valence-electron chi connectivity index (χ1n) is 2.38. The van der Waals surface area contributed by atoms with E-state index in [-0.39, 0.29) is 17.1 Å². The maximum Gasteiger partial charge on any atom is 0.0505 e. The van der Waals surface area contributed by atoms with Gasteiger partial charge in [0.2, 0.25) is 0 Å². The molecule has 0 fully saturated rings. The van der Waals surface area contributed by atoms with Crippen molar-refractivity contribution in [1.29, 1.82) is 0 Å². The number of pyridine rings is 1. The number of aryl methyl sites for hydroxylation is 1. The number of aromatic nitrogens is 1. The normalized spacial score (nSPS) is 8.22. The van der Waals surface area contributed by atoms with Crippen LogP contribution in [0.3, 0.4) is 0 Å². The number of hydrogen-bond acceptors (Lipinski definition) is 1. The van der Waals surface area contributed by atoms with E-state index in [0.29, 0.717) is 0 Å². The molecule has 9 heavy (non-hydrogen) atoms. The summed E-state index contributed by atoms with van der Waals surface area (Å²) in [6.07, 6.45) is 1.80. The van der Waals surface area contributed by atoms with Crippen LogP contribution >= 0.6 is 22.6 Å². The first-order valence-corrected chi connectivity index (χ1v) is 3.45. The Labute approximate surface area is 78.9 Å². The molecule has 0 N–H and O–H groups in total. The van der Waals surface area contributed by atoms with Crippen LogP contribution in [0.5, 0.6) is 0 Å². The maximum atomic E-state index is 4.07. The summed E-state index contributed by atoms with van der Waals surface area (Å²) in [5.74, 6) is 0. The van der Waals surface area contributed by atoms with Gasteiger partial charge in [-0.05, 0) is 41.6 Å². The molecule has 0 saturated carbocycles. The number of hydrogen-bond donors (Lipinski definition) is 0. The Hall–Kier alpha value is 0.399. The minimum Gasteiger partial charge on any atom is -0.261 e. The minimum atomic E-state index is 0. The van der Waals surface area contributed by atoms with E-state index in [9.17, 15) is 0 Å². The first kappa shape index (κ1) is 9.40. The van der Waals surface area contributed by atoms with Gasteiger partial charge >= 0.3 is 0 Å². The van der Waals surface area contributed by atoms with Crippen LogP contribution in [0.4, 0.5) is 0 Å². The second kappa shape index (κ2) is 4.25. The summed E-state index contributed by atoms with van der Waals surface area (Å²) in [4.78, 5) is 4.07. The Balaban J connectivity index is 0.000000640. The van der Waals surface area contributed by atoms with Crippen LogP contribution in [0.1, 0.15) is 5.69 Å². The summed E-state index contributed by atoms with van der Waals surface area (Å²) in [6.45, 7) is 2.00. The molecule has 1 radical (unpaired) electrons. The molecule has 0 bridgehead atoms. The minimum absolute atomic E-state index is 0. The molecular weight excluding hydrogens is 277 g/mol. The Bertz CT molecular complexity index is 169. The molecule has 0 aliphatic heterocycles. The molecule has 1 rings (SSSR count). The van der Waals surface area contributed by atoms with Crippen molar-refractivity contribution in [3.63, 3.8) is 0 Å². The van der Waals surface area contributed by atoms with E-state index >= 15 is 0 Å². The molecule has 53 valence electrons. The summed E-state index contributed by atoms with van der Waals surface area (Å²) in [5, 5.41) is 0. The van der Waals surface area contributed by atoms with E-state index in [1.165, 1.54) is 3.57 Å². The Morgan fingerprint density at radius 3 is 2.56 bits per heavy atom. The van der Waals surface area contributed by atoms with Crippen LogP contribution in [0.15, 0.2) is 18.3 Å². The summed E-state index contributed by atoms with van der Waals surface area (Å²) < 4.78 is 1.23. The molecule has 1 heterocycles. The predicted molar refractivity (Wildman–Crippen MR) is 41.7 cm³/mol. The van der Waals surface area contributed by atoms with E-state index in [2.05, 4.69) is 27.6 Å². The van der Waals surface area contributed by atoms with Crippen molar-refractivity contribution >= 4 is 22.6 Å². The summed E-state index contributed by atoms with van der Waals surface area (Å²) in [6, 6.07) is 3.98. The van der Waals surface area contributed by atoms with Crippen LogP contribution < -0.4 is 0 Å². The van der Waals surface area contributed by atoms with Crippen molar-refractivity contribution in [3.05, 3.63) is 27.6 Å². The Morgan fingerprint density at radius 1 is 1.56 bits per heavy atom. The van der Waals surface area contributed by atoms with Crippen molar-refractivity contribution in [2.24, 2.45) is 0 Å². The molecule has 0 atom stereocenters. The average Bonchev–Trinajstić information content (AvgIpc) is 1.77. The third kappa shape index (κ3) is 2.65. The van der Waals surface area contributed by atoms with Crippen LogP contribution in [0.25, 0.3) is 0 Å². The van der Waals surface area contributed by atoms with Gasteiger partial charge in [0.25, 0.3) is 0 Å². The largest absolute Gasteiger partial charge is 0.261 e. The molecule has 1 aromatic rings. The molecule has 0 aliphatic rings. The van der Waals surface area contributed by atoms with Gasteiger partial charge in [0.1, 0.15) is 0 Å². The molecule has 0 aliphatic carbocycles. The Morgan fingerprint density at radius 2 is 2.22 bits per heavy atom. The van der Waals surface area contributed by atoms with Crippen molar-refractivity contribution < 1.29 is 17.1 Å². The summed E-state index contributed by atoms with van der Waals surface area (Å²) in [7, 11) is 0. The second-order valence-electron chi connectivity index (χ2n) is 1.57. The van der Waals surface area contributed by atoms with Gasteiger partial charge in [-0.15, -0.1) is 0 Å². The third-order valence-corrected chi connectivity index (χ3v) is 2.08. The quantitative estimate of drug-likeness (QED) is 0.524. The van der Waals surface area contributed by atoms with E-state index < -0.39 is 0 Å². The summed E-state index contributed by atoms with van der Waals surface area (Å²) in [5.41, 5.74) is 1.10. The van der Waals surface area contributed by atoms with Crippen molar-refractivity contribution in [1.82, 2.24) is 4.98 Å². The van der Waals surface area contributed by atoms with Gasteiger partial charge < -0.3 is 0 Å². The third-order valence-electron chi connectivity index (χ3n) is 0.942. The van der Waals surface area contributed by atoms with Crippen molar-refractivity contribution in [2.45, 2.75) is 6.92 Å². The van der Waals surface area contributed by atoms with E-state index in [0.717, 1.165) is 5.69 Å². The average molecular weight is 283 g/mol. The van der Waals surface area contributed by atoms with Crippen LogP contribution in [0, 0.1) is 10.5 Å². The number of halogens is 1. The molecule has 0 saturated heterocycles. The fraction of sp³-hybridized carbons (Fsp3) is 0.167. The number of nitrogens with zero attached hydrogens (tertiary/aromatic N) is 1. The van der Waals surface area contributed by atoms with Crippen LogP contribution in [-0.4, -0.2) is 4.98 Å². The summed E-state index contributed by atoms with van der Waals surface area (Å²) >= 11 is 2.26. The van der Waals surface area contributed by atoms with Gasteiger partial charge in [-0.1, -0.05) is 0 Å².